The maximum atomic E-state index is 12.5. The SMILES string of the molecule is CCC1C(=O)NC(C)(CC)C(=O)N1CCCS(C)=O. The van der Waals surface area contributed by atoms with Crippen molar-refractivity contribution in [1.82, 2.24) is 10.2 Å². The zero-order chi connectivity index (χ0) is 14.6. The zero-order valence-corrected chi connectivity index (χ0v) is 13.0. The molecule has 19 heavy (non-hydrogen) atoms. The van der Waals surface area contributed by atoms with Gasteiger partial charge in [-0.3, -0.25) is 13.8 Å². The Morgan fingerprint density at radius 3 is 2.47 bits per heavy atom. The van der Waals surface area contributed by atoms with Crippen LogP contribution in [-0.4, -0.2) is 51.1 Å². The lowest BCUT2D eigenvalue weighted by Gasteiger charge is -2.44. The second kappa shape index (κ2) is 6.50. The largest absolute Gasteiger partial charge is 0.340 e. The van der Waals surface area contributed by atoms with E-state index in [1.165, 1.54) is 0 Å². The number of hydrogen-bond acceptors (Lipinski definition) is 3. The Bertz CT molecular complexity index is 386. The van der Waals surface area contributed by atoms with Gasteiger partial charge in [0.05, 0.1) is 0 Å². The van der Waals surface area contributed by atoms with Gasteiger partial charge >= 0.3 is 0 Å². The van der Waals surface area contributed by atoms with E-state index in [1.54, 1.807) is 18.1 Å². The van der Waals surface area contributed by atoms with Gasteiger partial charge in [0.2, 0.25) is 11.8 Å². The van der Waals surface area contributed by atoms with Crippen molar-refractivity contribution in [2.75, 3.05) is 18.6 Å². The molecule has 6 heteroatoms. The summed E-state index contributed by atoms with van der Waals surface area (Å²) in [4.78, 5) is 26.3. The van der Waals surface area contributed by atoms with E-state index in [-0.39, 0.29) is 11.8 Å². The summed E-state index contributed by atoms with van der Waals surface area (Å²) in [5.74, 6) is 0.456. The third kappa shape index (κ3) is 3.55. The minimum Gasteiger partial charge on any atom is -0.340 e. The molecule has 0 bridgehead atoms. The quantitative estimate of drug-likeness (QED) is 0.781. The molecule has 0 spiro atoms. The molecule has 1 saturated heterocycles. The first-order chi connectivity index (χ1) is 8.85. The van der Waals surface area contributed by atoms with Gasteiger partial charge in [0.15, 0.2) is 0 Å². The molecule has 5 nitrogen and oxygen atoms in total. The summed E-state index contributed by atoms with van der Waals surface area (Å²) < 4.78 is 11.1. The van der Waals surface area contributed by atoms with Gasteiger partial charge in [-0.05, 0) is 26.2 Å². The summed E-state index contributed by atoms with van der Waals surface area (Å²) in [5, 5.41) is 2.83. The number of nitrogens with one attached hydrogen (secondary N) is 1. The van der Waals surface area contributed by atoms with E-state index in [0.29, 0.717) is 31.6 Å². The predicted octanol–water partition coefficient (Wildman–Crippen LogP) is 0.661. The predicted molar refractivity (Wildman–Crippen MR) is 76.2 cm³/mol. The van der Waals surface area contributed by atoms with E-state index in [9.17, 15) is 13.8 Å². The number of rotatable bonds is 6. The molecule has 0 saturated carbocycles. The molecule has 3 unspecified atom stereocenters. The summed E-state index contributed by atoms with van der Waals surface area (Å²) >= 11 is 0. The van der Waals surface area contributed by atoms with Crippen LogP contribution in [0.25, 0.3) is 0 Å². The molecule has 2 amide bonds. The van der Waals surface area contributed by atoms with E-state index in [2.05, 4.69) is 5.32 Å². The molecule has 110 valence electrons. The summed E-state index contributed by atoms with van der Waals surface area (Å²) in [6.45, 7) is 6.06. The molecule has 0 aromatic carbocycles. The van der Waals surface area contributed by atoms with Crippen molar-refractivity contribution in [3.8, 4) is 0 Å². The standard InChI is InChI=1S/C13H24N2O3S/c1-5-10-11(16)14-13(3,6-2)12(17)15(10)8-7-9-19(4)18/h10H,5-9H2,1-4H3,(H,14,16). The summed E-state index contributed by atoms with van der Waals surface area (Å²) in [6, 6.07) is -0.391. The van der Waals surface area contributed by atoms with Gasteiger partial charge < -0.3 is 10.2 Å². The molecular weight excluding hydrogens is 264 g/mol. The highest BCUT2D eigenvalue weighted by atomic mass is 32.2. The van der Waals surface area contributed by atoms with Gasteiger partial charge in [0.1, 0.15) is 11.6 Å². The van der Waals surface area contributed by atoms with Crippen LogP contribution >= 0.6 is 0 Å². The van der Waals surface area contributed by atoms with Crippen molar-refractivity contribution in [2.24, 2.45) is 0 Å². The van der Waals surface area contributed by atoms with Crippen molar-refractivity contribution in [1.29, 1.82) is 0 Å². The average Bonchev–Trinajstić information content (AvgIpc) is 2.35. The van der Waals surface area contributed by atoms with Gasteiger partial charge in [0, 0.05) is 29.4 Å². The van der Waals surface area contributed by atoms with Crippen LogP contribution in [-0.2, 0) is 20.4 Å². The lowest BCUT2D eigenvalue weighted by molar-refractivity contribution is -0.154. The molecule has 0 aliphatic carbocycles. The van der Waals surface area contributed by atoms with Crippen LogP contribution in [0.15, 0.2) is 0 Å². The fraction of sp³-hybridized carbons (Fsp3) is 0.846. The zero-order valence-electron chi connectivity index (χ0n) is 12.2. The van der Waals surface area contributed by atoms with Crippen molar-refractivity contribution in [2.45, 2.75) is 51.6 Å². The highest BCUT2D eigenvalue weighted by Crippen LogP contribution is 2.23. The van der Waals surface area contributed by atoms with E-state index in [1.807, 2.05) is 13.8 Å². The Kier molecular flexibility index (Phi) is 5.52. The minimum absolute atomic E-state index is 0.0247. The number of piperazine rings is 1. The van der Waals surface area contributed by atoms with E-state index in [0.717, 1.165) is 0 Å². The minimum atomic E-state index is -0.863. The molecule has 3 atom stereocenters. The first-order valence-corrected chi connectivity index (χ1v) is 8.51. The Morgan fingerprint density at radius 2 is 2.00 bits per heavy atom. The smallest absolute Gasteiger partial charge is 0.248 e. The van der Waals surface area contributed by atoms with Crippen LogP contribution in [0, 0.1) is 0 Å². The molecule has 1 heterocycles. The average molecular weight is 288 g/mol. The van der Waals surface area contributed by atoms with Gasteiger partial charge in [-0.1, -0.05) is 13.8 Å². The summed E-state index contributed by atoms with van der Waals surface area (Å²) in [5.41, 5.74) is -0.798. The molecule has 1 N–H and O–H groups in total. The lowest BCUT2D eigenvalue weighted by atomic mass is 9.91. The van der Waals surface area contributed by atoms with Crippen LogP contribution < -0.4 is 5.32 Å². The van der Waals surface area contributed by atoms with E-state index in [4.69, 9.17) is 0 Å². The number of carbonyl (C=O) groups excluding carboxylic acids is 2. The van der Waals surface area contributed by atoms with Crippen LogP contribution in [0.2, 0.25) is 0 Å². The Labute approximate surface area is 117 Å². The molecule has 1 aliphatic heterocycles. The number of amides is 2. The monoisotopic (exact) mass is 288 g/mol. The highest BCUT2D eigenvalue weighted by Gasteiger charge is 2.45. The molecule has 0 aromatic heterocycles. The van der Waals surface area contributed by atoms with E-state index < -0.39 is 22.4 Å². The highest BCUT2D eigenvalue weighted by molar-refractivity contribution is 7.84. The molecule has 0 radical (unpaired) electrons. The Balaban J connectivity index is 2.84. The molecule has 0 aromatic rings. The van der Waals surface area contributed by atoms with Crippen molar-refractivity contribution in [3.63, 3.8) is 0 Å². The van der Waals surface area contributed by atoms with Crippen molar-refractivity contribution >= 4 is 22.6 Å². The summed E-state index contributed by atoms with van der Waals surface area (Å²) in [6.07, 6.45) is 3.49. The Hall–Kier alpha value is -0.910. The second-order valence-corrected chi connectivity index (χ2v) is 6.78. The number of hydrogen-bond donors (Lipinski definition) is 1. The normalized spacial score (nSPS) is 29.3. The summed E-state index contributed by atoms with van der Waals surface area (Å²) in [7, 11) is -0.863. The van der Waals surface area contributed by atoms with Crippen LogP contribution in [0.4, 0.5) is 0 Å². The van der Waals surface area contributed by atoms with Gasteiger partial charge in [-0.2, -0.15) is 0 Å². The fourth-order valence-electron chi connectivity index (χ4n) is 2.35. The van der Waals surface area contributed by atoms with Crippen molar-refractivity contribution in [3.05, 3.63) is 0 Å². The topological polar surface area (TPSA) is 66.5 Å². The maximum Gasteiger partial charge on any atom is 0.248 e. The van der Waals surface area contributed by atoms with Gasteiger partial charge in [-0.15, -0.1) is 0 Å². The number of carbonyl (C=O) groups is 2. The van der Waals surface area contributed by atoms with E-state index >= 15 is 0 Å². The third-order valence-electron chi connectivity index (χ3n) is 3.74. The van der Waals surface area contributed by atoms with Crippen LogP contribution in [0.5, 0.6) is 0 Å². The van der Waals surface area contributed by atoms with Crippen molar-refractivity contribution < 1.29 is 13.8 Å². The fourth-order valence-corrected chi connectivity index (χ4v) is 2.89. The van der Waals surface area contributed by atoms with Crippen LogP contribution in [0.1, 0.15) is 40.0 Å². The second-order valence-electron chi connectivity index (χ2n) is 5.23. The maximum absolute atomic E-state index is 12.5. The third-order valence-corrected chi connectivity index (χ3v) is 4.60. The molecular formula is C13H24N2O3S. The van der Waals surface area contributed by atoms with Gasteiger partial charge in [-0.25, -0.2) is 0 Å². The first kappa shape index (κ1) is 16.1. The number of nitrogens with zero attached hydrogens (tertiary/aromatic N) is 1. The van der Waals surface area contributed by atoms with Gasteiger partial charge in [0.25, 0.3) is 0 Å². The Morgan fingerprint density at radius 1 is 1.37 bits per heavy atom. The molecule has 1 fully saturated rings. The first-order valence-electron chi connectivity index (χ1n) is 6.78. The molecule has 1 rings (SSSR count). The van der Waals surface area contributed by atoms with Crippen LogP contribution in [0.3, 0.4) is 0 Å². The lowest BCUT2D eigenvalue weighted by Crippen LogP contribution is -2.69. The molecule has 1 aliphatic rings.